The van der Waals surface area contributed by atoms with Gasteiger partial charge in [0.2, 0.25) is 0 Å². The van der Waals surface area contributed by atoms with Crippen molar-refractivity contribution in [1.82, 2.24) is 5.32 Å². The molecule has 10 heteroatoms. The van der Waals surface area contributed by atoms with Crippen LogP contribution in [0.2, 0.25) is 5.02 Å². The smallest absolute Gasteiger partial charge is 0.418 e. The second-order valence-electron chi connectivity index (χ2n) is 7.38. The fourth-order valence-corrected chi connectivity index (χ4v) is 3.02. The number of carbonyl (C=O) groups excluding carboxylic acids is 3. The summed E-state index contributed by atoms with van der Waals surface area (Å²) >= 11 is 5.79. The molecule has 2 rings (SSSR count). The molecule has 0 heterocycles. The molecule has 2 N–H and O–H groups in total. The lowest BCUT2D eigenvalue weighted by Crippen LogP contribution is -2.46. The number of benzene rings is 2. The molecule has 0 aliphatic heterocycles. The largest absolute Gasteiger partial charge is 0.454 e. The molecule has 2 amide bonds. The van der Waals surface area contributed by atoms with Gasteiger partial charge in [0, 0.05) is 5.56 Å². The molecular formula is C22H22ClF3N2O4. The van der Waals surface area contributed by atoms with E-state index in [0.29, 0.717) is 5.56 Å². The average Bonchev–Trinajstić information content (AvgIpc) is 2.70. The van der Waals surface area contributed by atoms with Gasteiger partial charge in [-0.3, -0.25) is 9.59 Å². The summed E-state index contributed by atoms with van der Waals surface area (Å²) in [6.45, 7) is 4.29. The number of ether oxygens (including phenoxy) is 1. The number of carbonyl (C=O) groups is 3. The Kier molecular flexibility index (Phi) is 8.26. The zero-order valence-corrected chi connectivity index (χ0v) is 18.3. The van der Waals surface area contributed by atoms with Gasteiger partial charge in [-0.25, -0.2) is 4.79 Å². The quantitative estimate of drug-likeness (QED) is 0.579. The predicted molar refractivity (Wildman–Crippen MR) is 113 cm³/mol. The van der Waals surface area contributed by atoms with Gasteiger partial charge in [0.1, 0.15) is 6.04 Å². The van der Waals surface area contributed by atoms with Crippen LogP contribution in [0.4, 0.5) is 18.9 Å². The lowest BCUT2D eigenvalue weighted by molar-refractivity contribution is -0.150. The number of hydrogen-bond donors (Lipinski definition) is 2. The van der Waals surface area contributed by atoms with Crippen molar-refractivity contribution >= 4 is 35.1 Å². The summed E-state index contributed by atoms with van der Waals surface area (Å²) < 4.78 is 44.4. The predicted octanol–water partition coefficient (Wildman–Crippen LogP) is 4.60. The van der Waals surface area contributed by atoms with Gasteiger partial charge in [0.05, 0.1) is 16.3 Å². The van der Waals surface area contributed by atoms with Gasteiger partial charge in [0.15, 0.2) is 6.61 Å². The molecule has 0 bridgehead atoms. The third-order valence-corrected chi connectivity index (χ3v) is 4.73. The Morgan fingerprint density at radius 2 is 1.75 bits per heavy atom. The van der Waals surface area contributed by atoms with Crippen molar-refractivity contribution in [3.05, 3.63) is 64.2 Å². The van der Waals surface area contributed by atoms with E-state index in [0.717, 1.165) is 17.7 Å². The molecule has 0 spiro atoms. The number of hydrogen-bond acceptors (Lipinski definition) is 4. The number of rotatable bonds is 7. The molecule has 0 aliphatic carbocycles. The number of anilines is 1. The summed E-state index contributed by atoms with van der Waals surface area (Å²) in [6, 6.07) is 8.73. The molecule has 0 radical (unpaired) electrons. The van der Waals surface area contributed by atoms with Gasteiger partial charge in [0.25, 0.3) is 11.8 Å². The first kappa shape index (κ1) is 25.2. The maximum absolute atomic E-state index is 13.1. The SMILES string of the molecule is Cc1cccc(C(=O)N[C@H](C(=O)OCC(=O)Nc2c(Cl)cccc2C(F)(F)F)C(C)C)c1. The monoisotopic (exact) mass is 470 g/mol. The number of halogens is 4. The van der Waals surface area contributed by atoms with Gasteiger partial charge in [-0.2, -0.15) is 13.2 Å². The Morgan fingerprint density at radius 3 is 2.34 bits per heavy atom. The zero-order valence-electron chi connectivity index (χ0n) is 17.5. The van der Waals surface area contributed by atoms with Crippen LogP contribution < -0.4 is 10.6 Å². The summed E-state index contributed by atoms with van der Waals surface area (Å²) in [5.41, 5.74) is -0.554. The molecule has 2 aromatic carbocycles. The molecule has 0 saturated heterocycles. The van der Waals surface area contributed by atoms with Crippen LogP contribution in [0.3, 0.4) is 0 Å². The molecule has 2 aromatic rings. The summed E-state index contributed by atoms with van der Waals surface area (Å²) in [5, 5.41) is 4.27. The van der Waals surface area contributed by atoms with E-state index in [1.54, 1.807) is 32.0 Å². The van der Waals surface area contributed by atoms with E-state index < -0.39 is 47.9 Å². The fraction of sp³-hybridized carbons (Fsp3) is 0.318. The molecule has 6 nitrogen and oxygen atoms in total. The lowest BCUT2D eigenvalue weighted by Gasteiger charge is -2.21. The second kappa shape index (κ2) is 10.5. The lowest BCUT2D eigenvalue weighted by atomic mass is 10.0. The number of para-hydroxylation sites is 1. The molecule has 0 fully saturated rings. The highest BCUT2D eigenvalue weighted by atomic mass is 35.5. The number of nitrogens with one attached hydrogen (secondary N) is 2. The molecule has 32 heavy (non-hydrogen) atoms. The van der Waals surface area contributed by atoms with E-state index in [-0.39, 0.29) is 10.9 Å². The van der Waals surface area contributed by atoms with Crippen molar-refractivity contribution in [3.63, 3.8) is 0 Å². The van der Waals surface area contributed by atoms with Crippen molar-refractivity contribution in [2.75, 3.05) is 11.9 Å². The summed E-state index contributed by atoms with van der Waals surface area (Å²) in [5.74, 6) is -2.78. The molecule has 172 valence electrons. The minimum absolute atomic E-state index is 0.315. The van der Waals surface area contributed by atoms with Crippen LogP contribution in [0.1, 0.15) is 35.3 Å². The summed E-state index contributed by atoms with van der Waals surface area (Å²) in [4.78, 5) is 37.0. The molecule has 0 aromatic heterocycles. The second-order valence-corrected chi connectivity index (χ2v) is 7.79. The molecule has 0 unspecified atom stereocenters. The van der Waals surface area contributed by atoms with E-state index in [4.69, 9.17) is 16.3 Å². The van der Waals surface area contributed by atoms with Gasteiger partial charge < -0.3 is 15.4 Å². The fourth-order valence-electron chi connectivity index (χ4n) is 2.80. The minimum Gasteiger partial charge on any atom is -0.454 e. The van der Waals surface area contributed by atoms with Crippen LogP contribution in [0.5, 0.6) is 0 Å². The zero-order chi connectivity index (χ0) is 24.1. The Hall–Kier alpha value is -3.07. The van der Waals surface area contributed by atoms with Crippen molar-refractivity contribution in [2.24, 2.45) is 5.92 Å². The molecule has 1 atom stereocenters. The average molecular weight is 471 g/mol. The van der Waals surface area contributed by atoms with Crippen molar-refractivity contribution in [3.8, 4) is 0 Å². The topological polar surface area (TPSA) is 84.5 Å². The van der Waals surface area contributed by atoms with Crippen molar-refractivity contribution in [1.29, 1.82) is 0 Å². The number of aryl methyl sites for hydroxylation is 1. The summed E-state index contributed by atoms with van der Waals surface area (Å²) in [6.07, 6.45) is -4.74. The van der Waals surface area contributed by atoms with Crippen LogP contribution in [0.25, 0.3) is 0 Å². The van der Waals surface area contributed by atoms with Crippen molar-refractivity contribution < 1.29 is 32.3 Å². The number of amides is 2. The minimum atomic E-state index is -4.74. The molecule has 0 saturated carbocycles. The Morgan fingerprint density at radius 1 is 1.09 bits per heavy atom. The molecular weight excluding hydrogens is 449 g/mol. The van der Waals surface area contributed by atoms with E-state index in [9.17, 15) is 27.6 Å². The van der Waals surface area contributed by atoms with Crippen LogP contribution in [0, 0.1) is 12.8 Å². The Bertz CT molecular complexity index is 1010. The highest BCUT2D eigenvalue weighted by molar-refractivity contribution is 6.34. The molecule has 0 aliphatic rings. The van der Waals surface area contributed by atoms with Gasteiger partial charge >= 0.3 is 12.1 Å². The number of alkyl halides is 3. The van der Waals surface area contributed by atoms with Gasteiger partial charge in [-0.05, 0) is 37.1 Å². The third-order valence-electron chi connectivity index (χ3n) is 4.42. The standard InChI is InChI=1S/C22H22ClF3N2O4/c1-12(2)18(28-20(30)14-7-4-6-13(3)10-14)21(31)32-11-17(29)27-19-15(22(24,25)26)8-5-9-16(19)23/h4-10,12,18H,11H2,1-3H3,(H,27,29)(H,28,30)/t18-/m0/s1. The van der Waals surface area contributed by atoms with Crippen LogP contribution in [-0.4, -0.2) is 30.4 Å². The van der Waals surface area contributed by atoms with Crippen LogP contribution in [-0.2, 0) is 20.5 Å². The van der Waals surface area contributed by atoms with E-state index >= 15 is 0 Å². The van der Waals surface area contributed by atoms with E-state index in [1.807, 2.05) is 18.3 Å². The highest BCUT2D eigenvalue weighted by Crippen LogP contribution is 2.38. The maximum Gasteiger partial charge on any atom is 0.418 e. The van der Waals surface area contributed by atoms with Gasteiger partial charge in [-0.15, -0.1) is 0 Å². The van der Waals surface area contributed by atoms with Crippen molar-refractivity contribution in [2.45, 2.75) is 33.0 Å². The maximum atomic E-state index is 13.1. The van der Waals surface area contributed by atoms with E-state index in [2.05, 4.69) is 5.32 Å². The first-order valence-electron chi connectivity index (χ1n) is 9.60. The third kappa shape index (κ3) is 6.71. The van der Waals surface area contributed by atoms with Crippen LogP contribution >= 0.6 is 11.6 Å². The number of esters is 1. The van der Waals surface area contributed by atoms with E-state index in [1.165, 1.54) is 6.07 Å². The first-order chi connectivity index (χ1) is 14.9. The normalized spacial score (nSPS) is 12.2. The first-order valence-corrected chi connectivity index (χ1v) is 9.97. The summed E-state index contributed by atoms with van der Waals surface area (Å²) in [7, 11) is 0. The Labute approximate surface area is 188 Å². The Balaban J connectivity index is 2.03. The van der Waals surface area contributed by atoms with Crippen LogP contribution in [0.15, 0.2) is 42.5 Å². The highest BCUT2D eigenvalue weighted by Gasteiger charge is 2.35. The van der Waals surface area contributed by atoms with Gasteiger partial charge in [-0.1, -0.05) is 49.2 Å².